The summed E-state index contributed by atoms with van der Waals surface area (Å²) in [5.41, 5.74) is 5.11. The van der Waals surface area contributed by atoms with Gasteiger partial charge in [0.25, 0.3) is 0 Å². The number of halogens is 1. The SMILES string of the molecule is COCC(Nc1cccc(F)c1)(C(N)=O)C1CC1. The van der Waals surface area contributed by atoms with Crippen molar-refractivity contribution in [1.82, 2.24) is 0 Å². The molecule has 1 aromatic rings. The predicted octanol–water partition coefficient (Wildman–Crippen LogP) is 1.52. The van der Waals surface area contributed by atoms with Crippen LogP contribution in [-0.2, 0) is 9.53 Å². The van der Waals surface area contributed by atoms with Gasteiger partial charge in [-0.1, -0.05) is 6.07 Å². The first-order valence-electron chi connectivity index (χ1n) is 5.91. The van der Waals surface area contributed by atoms with Gasteiger partial charge in [0.1, 0.15) is 11.4 Å². The smallest absolute Gasteiger partial charge is 0.245 e. The molecule has 18 heavy (non-hydrogen) atoms. The third-order valence-electron chi connectivity index (χ3n) is 3.28. The number of methoxy groups -OCH3 is 1. The normalized spacial score (nSPS) is 18.1. The highest BCUT2D eigenvalue weighted by Gasteiger charge is 2.50. The number of hydrogen-bond acceptors (Lipinski definition) is 3. The van der Waals surface area contributed by atoms with Crippen LogP contribution in [0.15, 0.2) is 24.3 Å². The molecule has 98 valence electrons. The first-order valence-corrected chi connectivity index (χ1v) is 5.91. The molecule has 0 saturated heterocycles. The maximum absolute atomic E-state index is 13.2. The van der Waals surface area contributed by atoms with Crippen molar-refractivity contribution < 1.29 is 13.9 Å². The number of carbonyl (C=O) groups is 1. The second-order valence-corrected chi connectivity index (χ2v) is 4.68. The first-order chi connectivity index (χ1) is 8.58. The highest BCUT2D eigenvalue weighted by molar-refractivity contribution is 5.89. The second-order valence-electron chi connectivity index (χ2n) is 4.68. The van der Waals surface area contributed by atoms with E-state index in [2.05, 4.69) is 5.32 Å². The van der Waals surface area contributed by atoms with Crippen molar-refractivity contribution in [3.63, 3.8) is 0 Å². The number of nitrogens with one attached hydrogen (secondary N) is 1. The third kappa shape index (κ3) is 2.46. The first kappa shape index (κ1) is 12.8. The van der Waals surface area contributed by atoms with Gasteiger partial charge in [0.2, 0.25) is 5.91 Å². The van der Waals surface area contributed by atoms with Crippen LogP contribution in [0.5, 0.6) is 0 Å². The van der Waals surface area contributed by atoms with Crippen molar-refractivity contribution in [3.05, 3.63) is 30.1 Å². The van der Waals surface area contributed by atoms with Gasteiger partial charge >= 0.3 is 0 Å². The molecular formula is C13H17FN2O2. The lowest BCUT2D eigenvalue weighted by Crippen LogP contribution is -2.55. The van der Waals surface area contributed by atoms with Gasteiger partial charge in [-0.3, -0.25) is 4.79 Å². The summed E-state index contributed by atoms with van der Waals surface area (Å²) in [5.74, 6) is -0.666. The summed E-state index contributed by atoms with van der Waals surface area (Å²) in [7, 11) is 1.52. The van der Waals surface area contributed by atoms with E-state index in [9.17, 15) is 9.18 Å². The minimum atomic E-state index is -0.942. The van der Waals surface area contributed by atoms with Gasteiger partial charge in [0, 0.05) is 12.8 Å². The van der Waals surface area contributed by atoms with Crippen molar-refractivity contribution in [2.75, 3.05) is 19.0 Å². The Kier molecular flexibility index (Phi) is 3.52. The molecule has 0 bridgehead atoms. The van der Waals surface area contributed by atoms with E-state index in [-0.39, 0.29) is 18.3 Å². The summed E-state index contributed by atoms with van der Waals surface area (Å²) < 4.78 is 18.3. The number of hydrogen-bond donors (Lipinski definition) is 2. The topological polar surface area (TPSA) is 64.3 Å². The fraction of sp³-hybridized carbons (Fsp3) is 0.462. The molecular weight excluding hydrogens is 235 g/mol. The van der Waals surface area contributed by atoms with Crippen LogP contribution < -0.4 is 11.1 Å². The van der Waals surface area contributed by atoms with Crippen LogP contribution in [0.2, 0.25) is 0 Å². The molecule has 2 rings (SSSR count). The zero-order chi connectivity index (χ0) is 13.2. The largest absolute Gasteiger partial charge is 0.382 e. The molecule has 5 heteroatoms. The van der Waals surface area contributed by atoms with Crippen LogP contribution >= 0.6 is 0 Å². The lowest BCUT2D eigenvalue weighted by atomic mass is 9.92. The van der Waals surface area contributed by atoms with Gasteiger partial charge in [-0.05, 0) is 37.0 Å². The number of ether oxygens (including phenoxy) is 1. The summed E-state index contributed by atoms with van der Waals surface area (Å²) in [6.45, 7) is 0.184. The minimum absolute atomic E-state index is 0.151. The minimum Gasteiger partial charge on any atom is -0.382 e. The summed E-state index contributed by atoms with van der Waals surface area (Å²) in [6.07, 6.45) is 1.85. The number of carbonyl (C=O) groups excluding carboxylic acids is 1. The Labute approximate surface area is 105 Å². The van der Waals surface area contributed by atoms with E-state index in [0.29, 0.717) is 5.69 Å². The van der Waals surface area contributed by atoms with E-state index in [1.54, 1.807) is 12.1 Å². The quantitative estimate of drug-likeness (QED) is 0.806. The van der Waals surface area contributed by atoms with E-state index >= 15 is 0 Å². The van der Waals surface area contributed by atoms with Crippen LogP contribution in [0.4, 0.5) is 10.1 Å². The average molecular weight is 252 g/mol. The molecule has 0 radical (unpaired) electrons. The lowest BCUT2D eigenvalue weighted by molar-refractivity contribution is -0.124. The fourth-order valence-electron chi connectivity index (χ4n) is 2.22. The highest BCUT2D eigenvalue weighted by Crippen LogP contribution is 2.41. The Balaban J connectivity index is 2.26. The molecule has 3 N–H and O–H groups in total. The van der Waals surface area contributed by atoms with Crippen molar-refractivity contribution >= 4 is 11.6 Å². The molecule has 1 aliphatic carbocycles. The number of rotatable bonds is 6. The number of nitrogens with two attached hydrogens (primary N) is 1. The molecule has 1 aromatic carbocycles. The molecule has 0 aliphatic heterocycles. The average Bonchev–Trinajstić information content (AvgIpc) is 3.12. The standard InChI is InChI=1S/C13H17FN2O2/c1-18-8-13(12(15)17,9-5-6-9)16-11-4-2-3-10(14)7-11/h2-4,7,9,16H,5-6,8H2,1H3,(H2,15,17). The van der Waals surface area contributed by atoms with Crippen molar-refractivity contribution in [3.8, 4) is 0 Å². The maximum atomic E-state index is 13.2. The van der Waals surface area contributed by atoms with Crippen molar-refractivity contribution in [1.29, 1.82) is 0 Å². The molecule has 0 spiro atoms. The molecule has 4 nitrogen and oxygen atoms in total. The molecule has 1 fully saturated rings. The summed E-state index contributed by atoms with van der Waals surface area (Å²) in [6, 6.07) is 5.99. The van der Waals surface area contributed by atoms with Gasteiger partial charge < -0.3 is 15.8 Å². The molecule has 1 aliphatic rings. The Morgan fingerprint density at radius 3 is 2.83 bits per heavy atom. The van der Waals surface area contributed by atoms with Crippen LogP contribution in [0.3, 0.4) is 0 Å². The Hall–Kier alpha value is -1.62. The van der Waals surface area contributed by atoms with Gasteiger partial charge in [0.15, 0.2) is 0 Å². The van der Waals surface area contributed by atoms with Crippen molar-refractivity contribution in [2.45, 2.75) is 18.4 Å². The summed E-state index contributed by atoms with van der Waals surface area (Å²) in [4.78, 5) is 11.8. The number of benzene rings is 1. The second kappa shape index (κ2) is 4.94. The van der Waals surface area contributed by atoms with E-state index in [1.807, 2.05) is 0 Å². The molecule has 0 aromatic heterocycles. The Morgan fingerprint density at radius 1 is 1.61 bits per heavy atom. The zero-order valence-electron chi connectivity index (χ0n) is 10.3. The van der Waals surface area contributed by atoms with Gasteiger partial charge in [-0.15, -0.1) is 0 Å². The molecule has 1 atom stereocenters. The fourth-order valence-corrected chi connectivity index (χ4v) is 2.22. The number of anilines is 1. The van der Waals surface area contributed by atoms with Crippen LogP contribution in [0.1, 0.15) is 12.8 Å². The monoisotopic (exact) mass is 252 g/mol. The number of amides is 1. The Bertz CT molecular complexity index is 448. The summed E-state index contributed by atoms with van der Waals surface area (Å²) in [5, 5.41) is 3.06. The third-order valence-corrected chi connectivity index (χ3v) is 3.28. The molecule has 1 unspecified atom stereocenters. The van der Waals surface area contributed by atoms with Crippen LogP contribution in [0.25, 0.3) is 0 Å². The predicted molar refractivity (Wildman–Crippen MR) is 66.5 cm³/mol. The van der Waals surface area contributed by atoms with E-state index in [0.717, 1.165) is 12.8 Å². The van der Waals surface area contributed by atoms with E-state index in [1.165, 1.54) is 19.2 Å². The molecule has 1 saturated carbocycles. The lowest BCUT2D eigenvalue weighted by Gasteiger charge is -2.32. The van der Waals surface area contributed by atoms with Crippen molar-refractivity contribution in [2.24, 2.45) is 11.7 Å². The van der Waals surface area contributed by atoms with E-state index in [4.69, 9.17) is 10.5 Å². The highest BCUT2D eigenvalue weighted by atomic mass is 19.1. The van der Waals surface area contributed by atoms with Crippen LogP contribution in [-0.4, -0.2) is 25.2 Å². The zero-order valence-corrected chi connectivity index (χ0v) is 10.3. The maximum Gasteiger partial charge on any atom is 0.245 e. The van der Waals surface area contributed by atoms with E-state index < -0.39 is 11.4 Å². The molecule has 1 amide bonds. The summed E-state index contributed by atoms with van der Waals surface area (Å²) >= 11 is 0. The van der Waals surface area contributed by atoms with Gasteiger partial charge in [-0.2, -0.15) is 0 Å². The van der Waals surface area contributed by atoms with Crippen LogP contribution in [0, 0.1) is 11.7 Å². The molecule has 0 heterocycles. The van der Waals surface area contributed by atoms with Gasteiger partial charge in [0.05, 0.1) is 6.61 Å². The van der Waals surface area contributed by atoms with Gasteiger partial charge in [-0.25, -0.2) is 4.39 Å². The Morgan fingerprint density at radius 2 is 2.33 bits per heavy atom. The number of primary amides is 1.